The Bertz CT molecular complexity index is 204. The highest BCUT2D eigenvalue weighted by molar-refractivity contribution is 6.20. The molecule has 0 saturated heterocycles. The molecule has 0 saturated carbocycles. The Hall–Kier alpha value is -1.41. The lowest BCUT2D eigenvalue weighted by Crippen LogP contribution is -2.07. The largest absolute Gasteiger partial charge is 0.457 e. The van der Waals surface area contributed by atoms with E-state index in [1.807, 2.05) is 6.92 Å². The number of nitrogens with zero attached hydrogens (tertiary/aromatic N) is 2. The van der Waals surface area contributed by atoms with E-state index in [2.05, 4.69) is 16.1 Å². The van der Waals surface area contributed by atoms with Gasteiger partial charge in [0, 0.05) is 6.42 Å². The number of rotatable bonds is 4. The van der Waals surface area contributed by atoms with Gasteiger partial charge in [0.25, 0.3) is 0 Å². The zero-order valence-electron chi connectivity index (χ0n) is 6.41. The Kier molecular flexibility index (Phi) is 4.69. The first-order valence-electron chi connectivity index (χ1n) is 3.15. The van der Waals surface area contributed by atoms with Crippen molar-refractivity contribution in [1.82, 2.24) is 0 Å². The summed E-state index contributed by atoms with van der Waals surface area (Å²) in [4.78, 5) is 13.0. The van der Waals surface area contributed by atoms with E-state index in [-0.39, 0.29) is 6.61 Å². The van der Waals surface area contributed by atoms with Gasteiger partial charge in [-0.05, 0) is 6.92 Å². The molecule has 0 heterocycles. The molecule has 0 amide bonds. The minimum atomic E-state index is -0.645. The van der Waals surface area contributed by atoms with Gasteiger partial charge in [0.05, 0.1) is 6.61 Å². The first-order valence-corrected chi connectivity index (χ1v) is 3.15. The molecule has 4 nitrogen and oxygen atoms in total. The van der Waals surface area contributed by atoms with Gasteiger partial charge in [-0.15, -0.1) is 6.58 Å². The van der Waals surface area contributed by atoms with Gasteiger partial charge in [-0.25, -0.2) is 4.79 Å². The molecule has 0 unspecified atom stereocenters. The van der Waals surface area contributed by atoms with Crippen LogP contribution in [0.3, 0.4) is 0 Å². The summed E-state index contributed by atoms with van der Waals surface area (Å²) in [6.45, 7) is 5.74. The van der Waals surface area contributed by atoms with Gasteiger partial charge >= 0.3 is 12.2 Å². The van der Waals surface area contributed by atoms with E-state index in [4.69, 9.17) is 5.53 Å². The number of ether oxygens (including phenoxy) is 1. The van der Waals surface area contributed by atoms with Crippen LogP contribution in [0.4, 0.5) is 0 Å². The van der Waals surface area contributed by atoms with E-state index in [1.165, 1.54) is 0 Å². The third kappa shape index (κ3) is 6.48. The molecule has 0 radical (unpaired) electrons. The van der Waals surface area contributed by atoms with E-state index in [9.17, 15) is 4.79 Å². The summed E-state index contributed by atoms with van der Waals surface area (Å²) in [6, 6.07) is 0. The second-order valence-corrected chi connectivity index (χ2v) is 2.12. The molecular weight excluding hydrogens is 144 g/mol. The normalized spacial score (nSPS) is 8.09. The molecule has 0 atom stereocenters. The van der Waals surface area contributed by atoms with E-state index >= 15 is 0 Å². The third-order valence-corrected chi connectivity index (χ3v) is 0.936. The molecule has 0 aromatic heterocycles. The van der Waals surface area contributed by atoms with Crippen LogP contribution in [-0.2, 0) is 9.53 Å². The maximum atomic E-state index is 10.5. The third-order valence-electron chi connectivity index (χ3n) is 0.936. The van der Waals surface area contributed by atoms with Crippen LogP contribution in [0.5, 0.6) is 0 Å². The van der Waals surface area contributed by atoms with Crippen LogP contribution in [-0.4, -0.2) is 23.6 Å². The molecule has 11 heavy (non-hydrogen) atoms. The zero-order chi connectivity index (χ0) is 8.69. The van der Waals surface area contributed by atoms with E-state index in [1.54, 1.807) is 0 Å². The van der Waals surface area contributed by atoms with E-state index in [0.717, 1.165) is 5.57 Å². The fourth-order valence-electron chi connectivity index (χ4n) is 0.410. The second-order valence-electron chi connectivity index (χ2n) is 2.12. The first-order chi connectivity index (χ1) is 5.16. The van der Waals surface area contributed by atoms with Gasteiger partial charge in [0.15, 0.2) is 0 Å². The van der Waals surface area contributed by atoms with Crippen LogP contribution in [0, 0.1) is 0 Å². The minimum Gasteiger partial charge on any atom is -0.457 e. The molecule has 0 fully saturated rings. The number of esters is 1. The lowest BCUT2D eigenvalue weighted by Gasteiger charge is -1.97. The summed E-state index contributed by atoms with van der Waals surface area (Å²) < 4.78 is 4.58. The average Bonchev–Trinajstić information content (AvgIpc) is 1.87. The van der Waals surface area contributed by atoms with E-state index in [0.29, 0.717) is 12.6 Å². The quantitative estimate of drug-likeness (QED) is 0.197. The highest BCUT2D eigenvalue weighted by Gasteiger charge is 2.01. The van der Waals surface area contributed by atoms with Crippen molar-refractivity contribution in [3.63, 3.8) is 0 Å². The summed E-state index contributed by atoms with van der Waals surface area (Å²) in [7, 11) is 0. The maximum absolute atomic E-state index is 10.5. The Balaban J connectivity index is 3.47. The fraction of sp³-hybridized carbons (Fsp3) is 0.429. The van der Waals surface area contributed by atoms with Gasteiger partial charge in [-0.3, -0.25) is 0 Å². The van der Waals surface area contributed by atoms with Crippen molar-refractivity contribution in [2.75, 3.05) is 6.61 Å². The monoisotopic (exact) mass is 154 g/mol. The van der Waals surface area contributed by atoms with Crippen LogP contribution < -0.4 is 0 Å². The highest BCUT2D eigenvalue weighted by Crippen LogP contribution is 1.94. The molecule has 0 rings (SSSR count). The molecular formula is C7H10N2O2. The van der Waals surface area contributed by atoms with Crippen molar-refractivity contribution in [3.8, 4) is 0 Å². The predicted molar refractivity (Wildman–Crippen MR) is 40.1 cm³/mol. The standard InChI is InChI=1S/C7H10N2O2/c1-6(2)3-4-11-7(10)5-9-8/h5H,1,3-4H2,2H3. The van der Waals surface area contributed by atoms with Crippen LogP contribution in [0.15, 0.2) is 12.2 Å². The Labute approximate surface area is 65.1 Å². The topological polar surface area (TPSA) is 62.7 Å². The summed E-state index contributed by atoms with van der Waals surface area (Å²) in [5, 5.41) is 0. The lowest BCUT2D eigenvalue weighted by atomic mass is 10.3. The number of hydrogen-bond donors (Lipinski definition) is 0. The Morgan fingerprint density at radius 1 is 1.82 bits per heavy atom. The summed E-state index contributed by atoms with van der Waals surface area (Å²) in [6.07, 6.45) is 1.34. The predicted octanol–water partition coefficient (Wildman–Crippen LogP) is 0.796. The van der Waals surface area contributed by atoms with Crippen LogP contribution in [0.2, 0.25) is 0 Å². The summed E-state index contributed by atoms with van der Waals surface area (Å²) in [5.74, 6) is -0.645. The highest BCUT2D eigenvalue weighted by atomic mass is 16.5. The molecule has 0 spiro atoms. The van der Waals surface area contributed by atoms with Gasteiger partial charge < -0.3 is 10.3 Å². The van der Waals surface area contributed by atoms with Gasteiger partial charge in [-0.1, -0.05) is 5.57 Å². The second kappa shape index (κ2) is 5.38. The van der Waals surface area contributed by atoms with Crippen molar-refractivity contribution in [1.29, 1.82) is 0 Å². The van der Waals surface area contributed by atoms with Gasteiger partial charge in [0.1, 0.15) is 0 Å². The number of carbonyl (C=O) groups excluding carboxylic acids is 1. The Morgan fingerprint density at radius 2 is 2.45 bits per heavy atom. The minimum absolute atomic E-state index is 0.278. The van der Waals surface area contributed by atoms with Crippen LogP contribution in [0.25, 0.3) is 5.53 Å². The summed E-state index contributed by atoms with van der Waals surface area (Å²) in [5.41, 5.74) is 8.84. The molecule has 0 aliphatic rings. The molecule has 4 heteroatoms. The molecule has 0 aromatic rings. The van der Waals surface area contributed by atoms with Crippen LogP contribution in [0.1, 0.15) is 13.3 Å². The van der Waals surface area contributed by atoms with E-state index < -0.39 is 5.97 Å². The molecule has 0 aliphatic heterocycles. The van der Waals surface area contributed by atoms with Gasteiger partial charge in [-0.2, -0.15) is 4.79 Å². The Morgan fingerprint density at radius 3 is 2.91 bits per heavy atom. The molecule has 0 N–H and O–H groups in total. The first kappa shape index (κ1) is 9.59. The van der Waals surface area contributed by atoms with Gasteiger partial charge in [0.2, 0.25) is 0 Å². The lowest BCUT2D eigenvalue weighted by molar-refractivity contribution is -0.138. The van der Waals surface area contributed by atoms with Crippen molar-refractivity contribution in [2.24, 2.45) is 0 Å². The number of carbonyl (C=O) groups is 1. The average molecular weight is 154 g/mol. The smallest absolute Gasteiger partial charge is 0.413 e. The van der Waals surface area contributed by atoms with Crippen molar-refractivity contribution >= 4 is 12.2 Å². The molecule has 60 valence electrons. The summed E-state index contributed by atoms with van der Waals surface area (Å²) >= 11 is 0. The fourth-order valence-corrected chi connectivity index (χ4v) is 0.410. The van der Waals surface area contributed by atoms with Crippen molar-refractivity contribution in [2.45, 2.75) is 13.3 Å². The molecule has 0 aromatic carbocycles. The molecule has 0 bridgehead atoms. The van der Waals surface area contributed by atoms with Crippen molar-refractivity contribution in [3.05, 3.63) is 17.7 Å². The SMILES string of the molecule is C=C(C)CCOC(=O)C=[N+]=[N-]. The maximum Gasteiger partial charge on any atom is 0.413 e. The van der Waals surface area contributed by atoms with Crippen LogP contribution >= 0.6 is 0 Å². The number of hydrogen-bond acceptors (Lipinski definition) is 2. The molecule has 0 aliphatic carbocycles. The van der Waals surface area contributed by atoms with Crippen molar-refractivity contribution < 1.29 is 14.3 Å². The zero-order valence-corrected chi connectivity index (χ0v) is 6.41.